The molecule has 2 aromatic carbocycles. The van der Waals surface area contributed by atoms with Gasteiger partial charge in [0.2, 0.25) is 0 Å². The van der Waals surface area contributed by atoms with E-state index in [-0.39, 0.29) is 11.1 Å². The standard InChI is InChI=1S/C22H19N3O3S/c1-2-28-17-10-8-16(9-11-17)19(15-6-4-3-5-7-15)24-20(26)18-14-23-22-25(21(18)27)12-13-29-22/h3-14,19H,2H2,1H3,(H,24,26)/t19-/m0/s1. The van der Waals surface area contributed by atoms with Gasteiger partial charge in [-0.05, 0) is 30.2 Å². The number of nitrogens with zero attached hydrogens (tertiary/aromatic N) is 2. The lowest BCUT2D eigenvalue weighted by atomic mass is 9.98. The van der Waals surface area contributed by atoms with Crippen molar-refractivity contribution in [1.29, 1.82) is 0 Å². The topological polar surface area (TPSA) is 72.7 Å². The van der Waals surface area contributed by atoms with E-state index < -0.39 is 11.9 Å². The van der Waals surface area contributed by atoms with Crippen LogP contribution < -0.4 is 15.6 Å². The lowest BCUT2D eigenvalue weighted by molar-refractivity contribution is 0.0941. The summed E-state index contributed by atoms with van der Waals surface area (Å²) in [4.78, 5) is 30.4. The van der Waals surface area contributed by atoms with Gasteiger partial charge >= 0.3 is 0 Å². The molecule has 1 amide bonds. The van der Waals surface area contributed by atoms with Gasteiger partial charge in [0.05, 0.1) is 12.6 Å². The number of thiazole rings is 1. The molecular weight excluding hydrogens is 386 g/mol. The minimum Gasteiger partial charge on any atom is -0.494 e. The fourth-order valence-corrected chi connectivity index (χ4v) is 3.79. The second-order valence-electron chi connectivity index (χ2n) is 6.35. The molecule has 4 rings (SSSR count). The van der Waals surface area contributed by atoms with Gasteiger partial charge < -0.3 is 10.1 Å². The van der Waals surface area contributed by atoms with Crippen LogP contribution in [0.1, 0.15) is 34.5 Å². The number of hydrogen-bond acceptors (Lipinski definition) is 5. The highest BCUT2D eigenvalue weighted by molar-refractivity contribution is 7.15. The normalized spacial score (nSPS) is 11.9. The third-order valence-corrected chi connectivity index (χ3v) is 5.29. The third-order valence-electron chi connectivity index (χ3n) is 4.52. The SMILES string of the molecule is CCOc1ccc([C@@H](NC(=O)c2cnc3sccn3c2=O)c2ccccc2)cc1. The van der Waals surface area contributed by atoms with Crippen LogP contribution in [-0.4, -0.2) is 21.9 Å². The van der Waals surface area contributed by atoms with Crippen molar-refractivity contribution in [2.75, 3.05) is 6.61 Å². The van der Waals surface area contributed by atoms with Crippen molar-refractivity contribution in [3.63, 3.8) is 0 Å². The zero-order chi connectivity index (χ0) is 20.2. The molecule has 0 bridgehead atoms. The number of hydrogen-bond donors (Lipinski definition) is 1. The predicted octanol–water partition coefficient (Wildman–Crippen LogP) is 3.67. The summed E-state index contributed by atoms with van der Waals surface area (Å²) < 4.78 is 6.89. The van der Waals surface area contributed by atoms with Crippen LogP contribution in [0.15, 0.2) is 77.2 Å². The van der Waals surface area contributed by atoms with E-state index in [1.807, 2.05) is 61.5 Å². The first-order valence-corrected chi connectivity index (χ1v) is 10.1. The minimum atomic E-state index is -0.467. The largest absolute Gasteiger partial charge is 0.494 e. The van der Waals surface area contributed by atoms with Crippen LogP contribution in [0.4, 0.5) is 0 Å². The molecule has 2 aromatic heterocycles. The first kappa shape index (κ1) is 18.9. The Bertz CT molecular complexity index is 1180. The maximum Gasteiger partial charge on any atom is 0.271 e. The van der Waals surface area contributed by atoms with Crippen LogP contribution in [0.25, 0.3) is 4.96 Å². The molecule has 1 atom stereocenters. The predicted molar refractivity (Wildman–Crippen MR) is 113 cm³/mol. The Balaban J connectivity index is 1.68. The average Bonchev–Trinajstić information content (AvgIpc) is 3.24. The quantitative estimate of drug-likeness (QED) is 0.531. The molecule has 1 N–H and O–H groups in total. The number of benzene rings is 2. The van der Waals surface area contributed by atoms with Crippen LogP contribution in [0.5, 0.6) is 5.75 Å². The van der Waals surface area contributed by atoms with Gasteiger partial charge in [0.1, 0.15) is 11.3 Å². The summed E-state index contributed by atoms with van der Waals surface area (Å²) in [5.74, 6) is 0.297. The van der Waals surface area contributed by atoms with Gasteiger partial charge in [0.25, 0.3) is 11.5 Å². The Kier molecular flexibility index (Phi) is 5.39. The van der Waals surface area contributed by atoms with Crippen LogP contribution in [-0.2, 0) is 0 Å². The van der Waals surface area contributed by atoms with Gasteiger partial charge in [-0.3, -0.25) is 14.0 Å². The van der Waals surface area contributed by atoms with Gasteiger partial charge in [-0.1, -0.05) is 42.5 Å². The second kappa shape index (κ2) is 8.28. The number of aromatic nitrogens is 2. The van der Waals surface area contributed by atoms with E-state index in [4.69, 9.17) is 4.74 Å². The Morgan fingerprint density at radius 1 is 1.14 bits per heavy atom. The Hall–Kier alpha value is -3.45. The summed E-state index contributed by atoms with van der Waals surface area (Å²) in [7, 11) is 0. The Morgan fingerprint density at radius 2 is 1.86 bits per heavy atom. The fourth-order valence-electron chi connectivity index (χ4n) is 3.12. The van der Waals surface area contributed by atoms with Crippen molar-refractivity contribution >= 4 is 22.2 Å². The van der Waals surface area contributed by atoms with Crippen LogP contribution >= 0.6 is 11.3 Å². The van der Waals surface area contributed by atoms with E-state index >= 15 is 0 Å². The molecule has 7 heteroatoms. The maximum absolute atomic E-state index is 13.0. The van der Waals surface area contributed by atoms with Crippen LogP contribution in [0, 0.1) is 0 Å². The second-order valence-corrected chi connectivity index (χ2v) is 7.22. The number of ether oxygens (including phenoxy) is 1. The lowest BCUT2D eigenvalue weighted by Gasteiger charge is -2.20. The van der Waals surface area contributed by atoms with E-state index in [0.29, 0.717) is 11.6 Å². The number of amides is 1. The summed E-state index contributed by atoms with van der Waals surface area (Å²) in [5.41, 5.74) is 1.42. The highest BCUT2D eigenvalue weighted by atomic mass is 32.1. The molecule has 0 spiro atoms. The molecule has 146 valence electrons. The summed E-state index contributed by atoms with van der Waals surface area (Å²) in [6.45, 7) is 2.51. The maximum atomic E-state index is 13.0. The molecular formula is C22H19N3O3S. The molecule has 0 saturated carbocycles. The van der Waals surface area contributed by atoms with Gasteiger partial charge in [-0.2, -0.15) is 0 Å². The van der Waals surface area contributed by atoms with Gasteiger partial charge in [-0.25, -0.2) is 4.98 Å². The first-order chi connectivity index (χ1) is 14.2. The van der Waals surface area contributed by atoms with Gasteiger partial charge in [-0.15, -0.1) is 11.3 Å². The Morgan fingerprint density at radius 3 is 2.59 bits per heavy atom. The molecule has 6 nitrogen and oxygen atoms in total. The zero-order valence-corrected chi connectivity index (χ0v) is 16.6. The van der Waals surface area contributed by atoms with Crippen LogP contribution in [0.2, 0.25) is 0 Å². The highest BCUT2D eigenvalue weighted by Gasteiger charge is 2.21. The third kappa shape index (κ3) is 3.90. The molecule has 0 unspecified atom stereocenters. The van der Waals surface area contributed by atoms with Crippen molar-refractivity contribution in [3.05, 3.63) is 99.4 Å². The molecule has 2 heterocycles. The van der Waals surface area contributed by atoms with E-state index in [0.717, 1.165) is 16.9 Å². The van der Waals surface area contributed by atoms with Crippen molar-refractivity contribution in [2.24, 2.45) is 0 Å². The molecule has 0 aliphatic heterocycles. The molecule has 0 aliphatic rings. The first-order valence-electron chi connectivity index (χ1n) is 9.21. The summed E-state index contributed by atoms with van der Waals surface area (Å²) in [5, 5.41) is 4.75. The summed E-state index contributed by atoms with van der Waals surface area (Å²) >= 11 is 1.34. The van der Waals surface area contributed by atoms with E-state index in [1.165, 1.54) is 21.9 Å². The van der Waals surface area contributed by atoms with Gasteiger partial charge in [0.15, 0.2) is 4.96 Å². The number of fused-ring (bicyclic) bond motifs is 1. The lowest BCUT2D eigenvalue weighted by Crippen LogP contribution is -2.34. The molecule has 0 saturated heterocycles. The molecule has 0 aliphatic carbocycles. The Labute approximate surface area is 171 Å². The van der Waals surface area contributed by atoms with Crippen molar-refractivity contribution in [1.82, 2.24) is 14.7 Å². The number of nitrogens with one attached hydrogen (secondary N) is 1. The van der Waals surface area contributed by atoms with E-state index in [1.54, 1.807) is 11.6 Å². The van der Waals surface area contributed by atoms with Crippen molar-refractivity contribution in [3.8, 4) is 5.75 Å². The zero-order valence-electron chi connectivity index (χ0n) is 15.7. The van der Waals surface area contributed by atoms with Crippen LogP contribution in [0.3, 0.4) is 0 Å². The summed E-state index contributed by atoms with van der Waals surface area (Å²) in [6, 6.07) is 16.8. The number of rotatable bonds is 6. The number of carbonyl (C=O) groups is 1. The van der Waals surface area contributed by atoms with Crippen molar-refractivity contribution < 1.29 is 9.53 Å². The minimum absolute atomic E-state index is 0.00719. The smallest absolute Gasteiger partial charge is 0.271 e. The van der Waals surface area contributed by atoms with Crippen molar-refractivity contribution in [2.45, 2.75) is 13.0 Å². The van der Waals surface area contributed by atoms with E-state index in [9.17, 15) is 9.59 Å². The fraction of sp³-hybridized carbons (Fsp3) is 0.136. The molecule has 29 heavy (non-hydrogen) atoms. The van der Waals surface area contributed by atoms with E-state index in [2.05, 4.69) is 10.3 Å². The molecule has 0 radical (unpaired) electrons. The monoisotopic (exact) mass is 405 g/mol. The average molecular weight is 405 g/mol. The number of carbonyl (C=O) groups excluding carboxylic acids is 1. The molecule has 4 aromatic rings. The highest BCUT2D eigenvalue weighted by Crippen LogP contribution is 2.24. The van der Waals surface area contributed by atoms with Gasteiger partial charge in [0, 0.05) is 17.8 Å². The molecule has 0 fully saturated rings. The summed E-state index contributed by atoms with van der Waals surface area (Å²) in [6.07, 6.45) is 2.96.